The first kappa shape index (κ1) is 22.0. The summed E-state index contributed by atoms with van der Waals surface area (Å²) in [6.45, 7) is -0.210. The molecule has 0 fully saturated rings. The van der Waals surface area contributed by atoms with Gasteiger partial charge in [-0.3, -0.25) is 28.9 Å². The summed E-state index contributed by atoms with van der Waals surface area (Å²) in [5.74, 6) is -2.86. The number of nitrogens with one attached hydrogen (secondary N) is 1. The molecule has 0 radical (unpaired) electrons. The smallest absolute Gasteiger partial charge is 0.326 e. The highest BCUT2D eigenvalue weighted by atomic mass is 16.5. The number of ether oxygens (including phenoxy) is 1. The molecule has 1 rings (SSSR count). The number of ketones is 1. The molecule has 0 bridgehead atoms. The van der Waals surface area contributed by atoms with Crippen LogP contribution in [0.1, 0.15) is 38.5 Å². The molecule has 1 atom stereocenters. The van der Waals surface area contributed by atoms with Crippen LogP contribution in [0, 0.1) is 0 Å². The summed E-state index contributed by atoms with van der Waals surface area (Å²) in [6.07, 6.45) is 4.38. The van der Waals surface area contributed by atoms with E-state index in [9.17, 15) is 28.8 Å². The second-order valence-electron chi connectivity index (χ2n) is 5.92. The first-order chi connectivity index (χ1) is 12.8. The van der Waals surface area contributed by atoms with Crippen molar-refractivity contribution >= 4 is 35.9 Å². The first-order valence-electron chi connectivity index (χ1n) is 8.47. The summed E-state index contributed by atoms with van der Waals surface area (Å²) < 4.78 is 4.23. The van der Waals surface area contributed by atoms with E-state index in [4.69, 9.17) is 5.11 Å². The Bertz CT molecular complexity index is 610. The fraction of sp³-hybridized carbons (Fsp3) is 0.529. The number of unbranched alkanes of at least 4 members (excludes halogenated alkanes) is 2. The largest absolute Gasteiger partial charge is 0.480 e. The van der Waals surface area contributed by atoms with E-state index in [1.165, 1.54) is 12.2 Å². The van der Waals surface area contributed by atoms with Crippen LogP contribution < -0.4 is 5.32 Å². The second-order valence-corrected chi connectivity index (χ2v) is 5.92. The van der Waals surface area contributed by atoms with Crippen LogP contribution in [0.2, 0.25) is 0 Å². The Kier molecular flexibility index (Phi) is 9.41. The maximum absolute atomic E-state index is 11.8. The minimum atomic E-state index is -1.28. The van der Waals surface area contributed by atoms with Gasteiger partial charge in [-0.1, -0.05) is 6.42 Å². The SMILES string of the molecule is O=COCC(=O)N[C@@H](CCC(=O)CCCCCN1C(=O)C=CC1=O)C(=O)O. The van der Waals surface area contributed by atoms with Crippen LogP contribution in [-0.2, 0) is 33.5 Å². The molecule has 0 unspecified atom stereocenters. The van der Waals surface area contributed by atoms with Crippen molar-refractivity contribution in [1.82, 2.24) is 10.2 Å². The van der Waals surface area contributed by atoms with Crippen molar-refractivity contribution in [2.45, 2.75) is 44.6 Å². The van der Waals surface area contributed by atoms with Crippen LogP contribution in [0.4, 0.5) is 0 Å². The number of amides is 3. The Morgan fingerprint density at radius 2 is 1.78 bits per heavy atom. The standard InChI is InChI=1S/C17H22N2O8/c20-11-27-10-14(22)18-13(17(25)26)6-5-12(21)4-2-1-3-9-19-15(23)7-8-16(19)24/h7-8,11,13H,1-6,9-10H2,(H,18,22)(H,25,26)/t13-/m0/s1. The maximum Gasteiger partial charge on any atom is 0.326 e. The van der Waals surface area contributed by atoms with E-state index in [1.807, 2.05) is 0 Å². The van der Waals surface area contributed by atoms with E-state index in [2.05, 4.69) is 10.1 Å². The number of aliphatic carboxylic acids is 1. The molecular weight excluding hydrogens is 360 g/mol. The molecule has 1 aliphatic heterocycles. The zero-order valence-electron chi connectivity index (χ0n) is 14.7. The van der Waals surface area contributed by atoms with Gasteiger partial charge in [0.1, 0.15) is 11.8 Å². The number of rotatable bonds is 14. The average molecular weight is 382 g/mol. The van der Waals surface area contributed by atoms with Crippen LogP contribution in [0.25, 0.3) is 0 Å². The minimum Gasteiger partial charge on any atom is -0.480 e. The fourth-order valence-corrected chi connectivity index (χ4v) is 2.45. The van der Waals surface area contributed by atoms with Crippen molar-refractivity contribution in [1.29, 1.82) is 0 Å². The molecular formula is C17H22N2O8. The topological polar surface area (TPSA) is 147 Å². The number of hydrogen-bond acceptors (Lipinski definition) is 7. The lowest BCUT2D eigenvalue weighted by Crippen LogP contribution is -2.42. The van der Waals surface area contributed by atoms with Crippen molar-refractivity contribution in [2.75, 3.05) is 13.2 Å². The van der Waals surface area contributed by atoms with Gasteiger partial charge < -0.3 is 15.2 Å². The van der Waals surface area contributed by atoms with Gasteiger partial charge in [-0.2, -0.15) is 0 Å². The lowest BCUT2D eigenvalue weighted by atomic mass is 10.0. The van der Waals surface area contributed by atoms with Crippen molar-refractivity contribution in [3.63, 3.8) is 0 Å². The Morgan fingerprint density at radius 3 is 2.37 bits per heavy atom. The molecule has 0 aliphatic carbocycles. The molecule has 0 saturated carbocycles. The lowest BCUT2D eigenvalue weighted by molar-refractivity contribution is -0.144. The number of carbonyl (C=O) groups excluding carboxylic acids is 5. The van der Waals surface area contributed by atoms with Crippen LogP contribution in [0.15, 0.2) is 12.2 Å². The van der Waals surface area contributed by atoms with E-state index in [0.717, 1.165) is 4.90 Å². The van der Waals surface area contributed by atoms with Crippen molar-refractivity contribution < 1.29 is 38.6 Å². The van der Waals surface area contributed by atoms with E-state index in [1.54, 1.807) is 0 Å². The maximum atomic E-state index is 11.8. The average Bonchev–Trinajstić information content (AvgIpc) is 2.94. The number of Topliss-reactive ketones (excluding diaryl/α,β-unsaturated/α-hetero) is 1. The molecule has 3 amide bonds. The van der Waals surface area contributed by atoms with Crippen LogP contribution in [0.5, 0.6) is 0 Å². The van der Waals surface area contributed by atoms with Crippen LogP contribution in [-0.4, -0.2) is 65.1 Å². The summed E-state index contributed by atoms with van der Waals surface area (Å²) in [5.41, 5.74) is 0. The van der Waals surface area contributed by atoms with E-state index >= 15 is 0 Å². The van der Waals surface area contributed by atoms with Gasteiger partial charge in [0.15, 0.2) is 6.61 Å². The normalized spacial score (nSPS) is 14.1. The second kappa shape index (κ2) is 11.6. The third kappa shape index (κ3) is 8.25. The summed E-state index contributed by atoms with van der Waals surface area (Å²) in [5, 5.41) is 11.2. The summed E-state index contributed by atoms with van der Waals surface area (Å²) in [4.78, 5) is 68.1. The molecule has 0 aromatic heterocycles. The molecule has 1 heterocycles. The van der Waals surface area contributed by atoms with Gasteiger partial charge in [0.25, 0.3) is 24.2 Å². The molecule has 1 aliphatic rings. The van der Waals surface area contributed by atoms with Gasteiger partial charge in [-0.05, 0) is 19.3 Å². The number of nitrogens with zero attached hydrogens (tertiary/aromatic N) is 1. The zero-order valence-corrected chi connectivity index (χ0v) is 14.7. The van der Waals surface area contributed by atoms with Gasteiger partial charge in [0.05, 0.1) is 0 Å². The van der Waals surface area contributed by atoms with Crippen molar-refractivity contribution in [3.05, 3.63) is 12.2 Å². The number of carbonyl (C=O) groups is 6. The summed E-state index contributed by atoms with van der Waals surface area (Å²) >= 11 is 0. The molecule has 10 heteroatoms. The predicted octanol–water partition coefficient (Wildman–Crippen LogP) is -0.436. The number of carboxylic acid groups (broad SMARTS) is 1. The summed E-state index contributed by atoms with van der Waals surface area (Å²) in [7, 11) is 0. The van der Waals surface area contributed by atoms with E-state index < -0.39 is 24.5 Å². The van der Waals surface area contributed by atoms with Gasteiger partial charge in [-0.15, -0.1) is 0 Å². The number of carboxylic acids is 1. The molecule has 0 aromatic carbocycles. The Balaban J connectivity index is 2.19. The molecule has 0 saturated heterocycles. The van der Waals surface area contributed by atoms with Gasteiger partial charge in [-0.25, -0.2) is 4.79 Å². The third-order valence-corrected chi connectivity index (χ3v) is 3.87. The monoisotopic (exact) mass is 382 g/mol. The first-order valence-corrected chi connectivity index (χ1v) is 8.47. The highest BCUT2D eigenvalue weighted by molar-refractivity contribution is 6.12. The highest BCUT2D eigenvalue weighted by Gasteiger charge is 2.23. The predicted molar refractivity (Wildman–Crippen MR) is 90.2 cm³/mol. The van der Waals surface area contributed by atoms with Crippen molar-refractivity contribution in [3.8, 4) is 0 Å². The van der Waals surface area contributed by atoms with Crippen LogP contribution >= 0.6 is 0 Å². The van der Waals surface area contributed by atoms with Gasteiger partial charge in [0, 0.05) is 31.5 Å². The zero-order chi connectivity index (χ0) is 20.2. The molecule has 2 N–H and O–H groups in total. The molecule has 10 nitrogen and oxygen atoms in total. The Hall–Kier alpha value is -3.04. The van der Waals surface area contributed by atoms with Gasteiger partial charge in [0.2, 0.25) is 0 Å². The van der Waals surface area contributed by atoms with Crippen molar-refractivity contribution in [2.24, 2.45) is 0 Å². The number of imide groups is 1. The third-order valence-electron chi connectivity index (χ3n) is 3.87. The molecule has 27 heavy (non-hydrogen) atoms. The van der Waals surface area contributed by atoms with Crippen LogP contribution in [0.3, 0.4) is 0 Å². The minimum absolute atomic E-state index is 0.0151. The fourth-order valence-electron chi connectivity index (χ4n) is 2.45. The summed E-state index contributed by atoms with van der Waals surface area (Å²) in [6, 6.07) is -1.24. The Morgan fingerprint density at radius 1 is 1.11 bits per heavy atom. The molecule has 0 aromatic rings. The highest BCUT2D eigenvalue weighted by Crippen LogP contribution is 2.09. The number of hydrogen-bond donors (Lipinski definition) is 2. The quantitative estimate of drug-likeness (QED) is 0.233. The lowest BCUT2D eigenvalue weighted by Gasteiger charge is -2.14. The Labute approximate surface area is 155 Å². The van der Waals surface area contributed by atoms with E-state index in [-0.39, 0.29) is 43.3 Å². The molecule has 0 spiro atoms. The van der Waals surface area contributed by atoms with Gasteiger partial charge >= 0.3 is 5.97 Å². The molecule has 148 valence electrons. The van der Waals surface area contributed by atoms with E-state index in [0.29, 0.717) is 25.8 Å².